The van der Waals surface area contributed by atoms with E-state index in [9.17, 15) is 4.79 Å². The number of likely N-dealkylation sites (N-methyl/N-ethyl adjacent to an activating group) is 1. The molecule has 0 atom stereocenters. The lowest BCUT2D eigenvalue weighted by Crippen LogP contribution is -2.33. The van der Waals surface area contributed by atoms with Gasteiger partial charge in [0.15, 0.2) is 5.75 Å². The van der Waals surface area contributed by atoms with Gasteiger partial charge >= 0.3 is 5.97 Å². The zero-order valence-electron chi connectivity index (χ0n) is 7.08. The largest absolute Gasteiger partial charge is 0.423 e. The van der Waals surface area contributed by atoms with Gasteiger partial charge in [-0.15, -0.1) is 0 Å². The van der Waals surface area contributed by atoms with Crippen LogP contribution in [0.3, 0.4) is 0 Å². The Bertz CT molecular complexity index is 365. The molecule has 0 fully saturated rings. The third kappa shape index (κ3) is 1.54. The van der Waals surface area contributed by atoms with Crippen molar-refractivity contribution in [2.75, 3.05) is 18.5 Å². The molecule has 2 rings (SSSR count). The summed E-state index contributed by atoms with van der Waals surface area (Å²) >= 11 is 3.37. The first kappa shape index (κ1) is 8.56. The molecule has 1 aromatic carbocycles. The molecule has 0 saturated heterocycles. The second kappa shape index (κ2) is 3.03. The minimum Gasteiger partial charge on any atom is -0.423 e. The SMILES string of the molecule is CN1CC(=O)Oc2ccc(Br)cc21. The minimum atomic E-state index is -0.211. The summed E-state index contributed by atoms with van der Waals surface area (Å²) in [5, 5.41) is 0. The Balaban J connectivity index is 2.49. The van der Waals surface area contributed by atoms with Gasteiger partial charge in [0.25, 0.3) is 0 Å². The van der Waals surface area contributed by atoms with E-state index in [1.165, 1.54) is 0 Å². The van der Waals surface area contributed by atoms with Crippen LogP contribution in [0.15, 0.2) is 22.7 Å². The summed E-state index contributed by atoms with van der Waals surface area (Å²) < 4.78 is 6.04. The van der Waals surface area contributed by atoms with E-state index >= 15 is 0 Å². The first-order valence-electron chi connectivity index (χ1n) is 3.88. The van der Waals surface area contributed by atoms with Crippen molar-refractivity contribution in [2.45, 2.75) is 0 Å². The number of carbonyl (C=O) groups is 1. The number of nitrogens with zero attached hydrogens (tertiary/aromatic N) is 1. The van der Waals surface area contributed by atoms with Gasteiger partial charge in [0.2, 0.25) is 0 Å². The number of carbonyl (C=O) groups excluding carboxylic acids is 1. The van der Waals surface area contributed by atoms with E-state index in [4.69, 9.17) is 4.74 Å². The van der Waals surface area contributed by atoms with E-state index in [0.29, 0.717) is 12.3 Å². The Morgan fingerprint density at radius 2 is 2.31 bits per heavy atom. The molecule has 0 radical (unpaired) electrons. The fourth-order valence-electron chi connectivity index (χ4n) is 1.31. The Labute approximate surface area is 84.4 Å². The van der Waals surface area contributed by atoms with Crippen molar-refractivity contribution < 1.29 is 9.53 Å². The van der Waals surface area contributed by atoms with Crippen molar-refractivity contribution in [3.8, 4) is 5.75 Å². The Kier molecular flexibility index (Phi) is 2.00. The molecule has 0 N–H and O–H groups in total. The van der Waals surface area contributed by atoms with Crippen molar-refractivity contribution in [3.05, 3.63) is 22.7 Å². The first-order valence-corrected chi connectivity index (χ1v) is 4.67. The topological polar surface area (TPSA) is 29.5 Å². The van der Waals surface area contributed by atoms with Crippen molar-refractivity contribution in [3.63, 3.8) is 0 Å². The van der Waals surface area contributed by atoms with Gasteiger partial charge in [-0.3, -0.25) is 0 Å². The van der Waals surface area contributed by atoms with Crippen LogP contribution in [-0.2, 0) is 4.79 Å². The molecule has 13 heavy (non-hydrogen) atoms. The molecular weight excluding hydrogens is 234 g/mol. The van der Waals surface area contributed by atoms with Crippen LogP contribution < -0.4 is 9.64 Å². The summed E-state index contributed by atoms with van der Waals surface area (Å²) in [4.78, 5) is 12.9. The number of anilines is 1. The molecule has 1 heterocycles. The zero-order chi connectivity index (χ0) is 9.42. The Morgan fingerprint density at radius 3 is 3.08 bits per heavy atom. The fourth-order valence-corrected chi connectivity index (χ4v) is 1.66. The van der Waals surface area contributed by atoms with Crippen LogP contribution in [0.25, 0.3) is 0 Å². The molecule has 0 aliphatic carbocycles. The standard InChI is InChI=1S/C9H8BrNO2/c1-11-5-9(12)13-8-3-2-6(10)4-7(8)11/h2-4H,5H2,1H3. The number of benzene rings is 1. The molecule has 0 bridgehead atoms. The van der Waals surface area contributed by atoms with Crippen LogP contribution in [-0.4, -0.2) is 19.6 Å². The van der Waals surface area contributed by atoms with Gasteiger partial charge < -0.3 is 9.64 Å². The zero-order valence-corrected chi connectivity index (χ0v) is 8.67. The highest BCUT2D eigenvalue weighted by molar-refractivity contribution is 9.10. The molecule has 0 aromatic heterocycles. The van der Waals surface area contributed by atoms with E-state index in [1.54, 1.807) is 6.07 Å². The summed E-state index contributed by atoms with van der Waals surface area (Å²) in [5.74, 6) is 0.416. The van der Waals surface area contributed by atoms with Crippen molar-refractivity contribution in [1.82, 2.24) is 0 Å². The van der Waals surface area contributed by atoms with E-state index < -0.39 is 0 Å². The van der Waals surface area contributed by atoms with Gasteiger partial charge in [-0.2, -0.15) is 0 Å². The summed E-state index contributed by atoms with van der Waals surface area (Å²) in [6.45, 7) is 0.309. The highest BCUT2D eigenvalue weighted by atomic mass is 79.9. The summed E-state index contributed by atoms with van der Waals surface area (Å²) in [6, 6.07) is 5.57. The van der Waals surface area contributed by atoms with Crippen LogP contribution in [0.4, 0.5) is 5.69 Å². The number of ether oxygens (including phenoxy) is 1. The van der Waals surface area contributed by atoms with E-state index in [-0.39, 0.29) is 5.97 Å². The van der Waals surface area contributed by atoms with Crippen LogP contribution in [0.2, 0.25) is 0 Å². The second-order valence-corrected chi connectivity index (χ2v) is 3.86. The molecule has 68 valence electrons. The Hall–Kier alpha value is -1.03. The van der Waals surface area contributed by atoms with Crippen LogP contribution in [0, 0.1) is 0 Å². The molecule has 1 aliphatic heterocycles. The number of hydrogen-bond donors (Lipinski definition) is 0. The third-order valence-electron chi connectivity index (χ3n) is 1.92. The van der Waals surface area contributed by atoms with Crippen LogP contribution >= 0.6 is 15.9 Å². The van der Waals surface area contributed by atoms with Crippen molar-refractivity contribution in [2.24, 2.45) is 0 Å². The normalized spacial score (nSPS) is 15.2. The predicted octanol–water partition coefficient (Wildman–Crippen LogP) is 1.80. The van der Waals surface area contributed by atoms with Gasteiger partial charge in [0.1, 0.15) is 6.54 Å². The van der Waals surface area contributed by atoms with E-state index in [2.05, 4.69) is 15.9 Å². The van der Waals surface area contributed by atoms with Crippen LogP contribution in [0.1, 0.15) is 0 Å². The smallest absolute Gasteiger partial charge is 0.330 e. The molecule has 0 saturated carbocycles. The molecule has 1 aromatic rings. The lowest BCUT2D eigenvalue weighted by atomic mass is 10.2. The number of esters is 1. The average molecular weight is 242 g/mol. The molecule has 0 unspecified atom stereocenters. The van der Waals surface area contributed by atoms with E-state index in [1.807, 2.05) is 24.1 Å². The maximum atomic E-state index is 11.0. The number of halogens is 1. The number of rotatable bonds is 0. The number of hydrogen-bond acceptors (Lipinski definition) is 3. The maximum Gasteiger partial charge on any atom is 0.330 e. The highest BCUT2D eigenvalue weighted by Crippen LogP contribution is 2.33. The van der Waals surface area contributed by atoms with Gasteiger partial charge in [-0.05, 0) is 18.2 Å². The average Bonchev–Trinajstić information content (AvgIpc) is 2.06. The van der Waals surface area contributed by atoms with Gasteiger partial charge in [-0.25, -0.2) is 4.79 Å². The van der Waals surface area contributed by atoms with Crippen molar-refractivity contribution >= 4 is 27.6 Å². The van der Waals surface area contributed by atoms with E-state index in [0.717, 1.165) is 10.2 Å². The first-order chi connectivity index (χ1) is 6.16. The summed E-state index contributed by atoms with van der Waals surface area (Å²) in [6.07, 6.45) is 0. The predicted molar refractivity (Wildman–Crippen MR) is 53.0 cm³/mol. The number of fused-ring (bicyclic) bond motifs is 1. The van der Waals surface area contributed by atoms with Gasteiger partial charge in [-0.1, -0.05) is 15.9 Å². The molecule has 1 aliphatic rings. The van der Waals surface area contributed by atoms with Crippen molar-refractivity contribution in [1.29, 1.82) is 0 Å². The third-order valence-corrected chi connectivity index (χ3v) is 2.42. The van der Waals surface area contributed by atoms with Gasteiger partial charge in [0.05, 0.1) is 5.69 Å². The Morgan fingerprint density at radius 1 is 1.54 bits per heavy atom. The second-order valence-electron chi connectivity index (χ2n) is 2.94. The molecular formula is C9H8BrNO2. The lowest BCUT2D eigenvalue weighted by molar-refractivity contribution is -0.133. The summed E-state index contributed by atoms with van der Waals surface area (Å²) in [5.41, 5.74) is 0.939. The summed E-state index contributed by atoms with van der Waals surface area (Å²) in [7, 11) is 1.87. The van der Waals surface area contributed by atoms with Crippen LogP contribution in [0.5, 0.6) is 5.75 Å². The highest BCUT2D eigenvalue weighted by Gasteiger charge is 2.20. The lowest BCUT2D eigenvalue weighted by Gasteiger charge is -2.25. The quantitative estimate of drug-likeness (QED) is 0.513. The molecule has 4 heteroatoms. The monoisotopic (exact) mass is 241 g/mol. The minimum absolute atomic E-state index is 0.211. The molecule has 0 spiro atoms. The molecule has 0 amide bonds. The molecule has 3 nitrogen and oxygen atoms in total. The fraction of sp³-hybridized carbons (Fsp3) is 0.222. The van der Waals surface area contributed by atoms with Gasteiger partial charge in [0, 0.05) is 11.5 Å². The maximum absolute atomic E-state index is 11.0.